The van der Waals surface area contributed by atoms with Crippen molar-refractivity contribution in [2.75, 3.05) is 14.2 Å². The zero-order chi connectivity index (χ0) is 14.5. The first-order valence-corrected chi connectivity index (χ1v) is 5.88. The maximum Gasteiger partial charge on any atom is 0.269 e. The molecule has 0 radical (unpaired) electrons. The monoisotopic (exact) mass is 291 g/mol. The molecule has 0 bridgehead atoms. The van der Waals surface area contributed by atoms with Crippen molar-refractivity contribution < 1.29 is 14.2 Å². The number of benzene rings is 1. The molecule has 0 unspecified atom stereocenters. The second-order valence-electron chi connectivity index (χ2n) is 3.58. The van der Waals surface area contributed by atoms with Gasteiger partial charge in [-0.1, -0.05) is 11.6 Å². The van der Waals surface area contributed by atoms with E-state index in [4.69, 9.17) is 31.1 Å². The van der Waals surface area contributed by atoms with Gasteiger partial charge in [-0.25, -0.2) is 0 Å². The number of hydrogen-bond acceptors (Lipinski definition) is 6. The van der Waals surface area contributed by atoms with Gasteiger partial charge in [-0.15, -0.1) is 0 Å². The summed E-state index contributed by atoms with van der Waals surface area (Å²) in [5.74, 6) is 1.04. The molecule has 0 saturated heterocycles. The van der Waals surface area contributed by atoms with E-state index in [1.165, 1.54) is 26.6 Å². The summed E-state index contributed by atoms with van der Waals surface area (Å²) in [4.78, 5) is 7.88. The third-order valence-electron chi connectivity index (χ3n) is 2.40. The molecule has 0 aliphatic heterocycles. The number of nitrogens with zero attached hydrogens (tertiary/aromatic N) is 3. The van der Waals surface area contributed by atoms with Crippen molar-refractivity contribution in [3.63, 3.8) is 0 Å². The van der Waals surface area contributed by atoms with Crippen LogP contribution in [0.15, 0.2) is 24.5 Å². The zero-order valence-electron chi connectivity index (χ0n) is 10.8. The Kier molecular flexibility index (Phi) is 4.23. The van der Waals surface area contributed by atoms with E-state index in [1.54, 1.807) is 12.1 Å². The Bertz CT molecular complexity index is 670. The SMILES string of the molecule is COc1ncnc(Oc2ccc(C#N)cc2Cl)c1OC. The van der Waals surface area contributed by atoms with Crippen molar-refractivity contribution in [2.24, 2.45) is 0 Å². The highest BCUT2D eigenvalue weighted by Gasteiger charge is 2.16. The topological polar surface area (TPSA) is 77.3 Å². The van der Waals surface area contributed by atoms with Crippen molar-refractivity contribution >= 4 is 11.6 Å². The number of aromatic nitrogens is 2. The lowest BCUT2D eigenvalue weighted by atomic mass is 10.2. The van der Waals surface area contributed by atoms with Crippen LogP contribution in [0, 0.1) is 11.3 Å². The molecule has 0 atom stereocenters. The Hall–Kier alpha value is -2.52. The van der Waals surface area contributed by atoms with Crippen LogP contribution in [0.4, 0.5) is 0 Å². The zero-order valence-corrected chi connectivity index (χ0v) is 11.5. The molecule has 2 rings (SSSR count). The lowest BCUT2D eigenvalue weighted by Crippen LogP contribution is -1.99. The first-order chi connectivity index (χ1) is 9.69. The molecule has 2 aromatic rings. The number of halogens is 1. The van der Waals surface area contributed by atoms with Crippen molar-refractivity contribution in [1.29, 1.82) is 5.26 Å². The van der Waals surface area contributed by atoms with Crippen molar-refractivity contribution in [1.82, 2.24) is 9.97 Å². The highest BCUT2D eigenvalue weighted by atomic mass is 35.5. The van der Waals surface area contributed by atoms with Crippen molar-refractivity contribution in [3.8, 4) is 29.3 Å². The molecule has 0 aliphatic carbocycles. The van der Waals surface area contributed by atoms with Gasteiger partial charge in [0.15, 0.2) is 0 Å². The highest BCUT2D eigenvalue weighted by molar-refractivity contribution is 6.32. The fourth-order valence-corrected chi connectivity index (χ4v) is 1.71. The maximum atomic E-state index is 8.79. The summed E-state index contributed by atoms with van der Waals surface area (Å²) in [7, 11) is 2.91. The predicted octanol–water partition coefficient (Wildman–Crippen LogP) is 2.81. The van der Waals surface area contributed by atoms with Crippen LogP contribution in [0.3, 0.4) is 0 Å². The molecule has 6 nitrogen and oxygen atoms in total. The van der Waals surface area contributed by atoms with Crippen LogP contribution in [-0.2, 0) is 0 Å². The van der Waals surface area contributed by atoms with Gasteiger partial charge < -0.3 is 14.2 Å². The van der Waals surface area contributed by atoms with Gasteiger partial charge in [0.1, 0.15) is 12.1 Å². The molecule has 0 aliphatic rings. The van der Waals surface area contributed by atoms with E-state index in [0.29, 0.717) is 16.3 Å². The Morgan fingerprint density at radius 1 is 1.15 bits per heavy atom. The first-order valence-electron chi connectivity index (χ1n) is 5.50. The number of methoxy groups -OCH3 is 2. The molecule has 1 heterocycles. The summed E-state index contributed by atoms with van der Waals surface area (Å²) in [5.41, 5.74) is 0.439. The van der Waals surface area contributed by atoms with Crippen LogP contribution in [0.2, 0.25) is 5.02 Å². The normalized spacial score (nSPS) is 9.70. The minimum Gasteiger partial charge on any atom is -0.487 e. The van der Waals surface area contributed by atoms with Gasteiger partial charge in [-0.05, 0) is 18.2 Å². The number of rotatable bonds is 4. The standard InChI is InChI=1S/C13H10ClN3O3/c1-18-11-12(19-2)16-7-17-13(11)20-10-4-3-8(6-15)5-9(10)14/h3-5,7H,1-2H3. The predicted molar refractivity (Wildman–Crippen MR) is 71.4 cm³/mol. The average molecular weight is 292 g/mol. The van der Waals surface area contributed by atoms with E-state index in [9.17, 15) is 0 Å². The fourth-order valence-electron chi connectivity index (χ4n) is 1.49. The van der Waals surface area contributed by atoms with Crippen molar-refractivity contribution in [3.05, 3.63) is 35.1 Å². The van der Waals surface area contributed by atoms with E-state index in [-0.39, 0.29) is 17.5 Å². The van der Waals surface area contributed by atoms with Gasteiger partial charge in [0.2, 0.25) is 5.75 Å². The highest BCUT2D eigenvalue weighted by Crippen LogP contribution is 2.37. The fraction of sp³-hybridized carbons (Fsp3) is 0.154. The summed E-state index contributed by atoms with van der Waals surface area (Å²) in [6.45, 7) is 0. The summed E-state index contributed by atoms with van der Waals surface area (Å²) < 4.78 is 15.8. The van der Waals surface area contributed by atoms with Gasteiger partial charge in [-0.3, -0.25) is 0 Å². The Morgan fingerprint density at radius 2 is 1.90 bits per heavy atom. The Morgan fingerprint density at radius 3 is 2.50 bits per heavy atom. The molecule has 1 aromatic heterocycles. The van der Waals surface area contributed by atoms with E-state index >= 15 is 0 Å². The van der Waals surface area contributed by atoms with E-state index < -0.39 is 0 Å². The molecular weight excluding hydrogens is 282 g/mol. The summed E-state index contributed by atoms with van der Waals surface area (Å²) in [5, 5.41) is 9.08. The molecule has 20 heavy (non-hydrogen) atoms. The quantitative estimate of drug-likeness (QED) is 0.862. The van der Waals surface area contributed by atoms with Crippen LogP contribution in [-0.4, -0.2) is 24.2 Å². The summed E-state index contributed by atoms with van der Waals surface area (Å²) in [6, 6.07) is 6.66. The van der Waals surface area contributed by atoms with E-state index in [1.807, 2.05) is 6.07 Å². The lowest BCUT2D eigenvalue weighted by Gasteiger charge is -2.11. The maximum absolute atomic E-state index is 8.79. The molecule has 0 spiro atoms. The third-order valence-corrected chi connectivity index (χ3v) is 2.70. The van der Waals surface area contributed by atoms with Gasteiger partial charge in [0.25, 0.3) is 11.8 Å². The van der Waals surface area contributed by atoms with Gasteiger partial charge in [0, 0.05) is 0 Å². The molecule has 1 aromatic carbocycles. The van der Waals surface area contributed by atoms with Crippen LogP contribution in [0.25, 0.3) is 0 Å². The smallest absolute Gasteiger partial charge is 0.269 e. The number of hydrogen-bond donors (Lipinski definition) is 0. The van der Waals surface area contributed by atoms with Gasteiger partial charge in [-0.2, -0.15) is 15.2 Å². The molecule has 0 fully saturated rings. The molecule has 0 N–H and O–H groups in total. The largest absolute Gasteiger partial charge is 0.487 e. The van der Waals surface area contributed by atoms with Crippen LogP contribution in [0.5, 0.6) is 23.3 Å². The van der Waals surface area contributed by atoms with E-state index in [2.05, 4.69) is 9.97 Å². The second kappa shape index (κ2) is 6.08. The second-order valence-corrected chi connectivity index (χ2v) is 3.99. The summed E-state index contributed by atoms with van der Waals surface area (Å²) in [6.07, 6.45) is 1.29. The molecule has 102 valence electrons. The van der Waals surface area contributed by atoms with Crippen LogP contribution < -0.4 is 14.2 Å². The van der Waals surface area contributed by atoms with Gasteiger partial charge >= 0.3 is 0 Å². The van der Waals surface area contributed by atoms with Crippen molar-refractivity contribution in [2.45, 2.75) is 0 Å². The van der Waals surface area contributed by atoms with Crippen LogP contribution in [0.1, 0.15) is 5.56 Å². The molecule has 0 saturated carbocycles. The molecule has 0 amide bonds. The van der Waals surface area contributed by atoms with E-state index in [0.717, 1.165) is 0 Å². The number of ether oxygens (including phenoxy) is 3. The molecule has 7 heteroatoms. The average Bonchev–Trinajstić information content (AvgIpc) is 2.48. The first kappa shape index (κ1) is 13.9. The Labute approximate surface area is 120 Å². The minimum atomic E-state index is 0.172. The third kappa shape index (κ3) is 2.73. The summed E-state index contributed by atoms with van der Waals surface area (Å²) >= 11 is 6.04. The minimum absolute atomic E-state index is 0.172. The molecular formula is C13H10ClN3O3. The van der Waals surface area contributed by atoms with Crippen LogP contribution >= 0.6 is 11.6 Å². The lowest BCUT2D eigenvalue weighted by molar-refractivity contribution is 0.320. The Balaban J connectivity index is 2.38. The number of nitriles is 1. The van der Waals surface area contributed by atoms with Gasteiger partial charge in [0.05, 0.1) is 30.9 Å².